The third-order valence-electron chi connectivity index (χ3n) is 3.65. The van der Waals surface area contributed by atoms with Crippen LogP contribution >= 0.6 is 11.8 Å². The van der Waals surface area contributed by atoms with Gasteiger partial charge in [0, 0.05) is 25.4 Å². The fourth-order valence-electron chi connectivity index (χ4n) is 2.54. The molecule has 0 unspecified atom stereocenters. The molecule has 0 atom stereocenters. The van der Waals surface area contributed by atoms with E-state index in [1.165, 1.54) is 22.9 Å². The first-order chi connectivity index (χ1) is 9.24. The molecule has 2 heterocycles. The van der Waals surface area contributed by atoms with Crippen molar-refractivity contribution in [3.8, 4) is 0 Å². The molecule has 3 rings (SSSR count). The Bertz CT molecular complexity index is 518. The number of carbonyl (C=O) groups is 2. The Morgan fingerprint density at radius 1 is 1.21 bits per heavy atom. The van der Waals surface area contributed by atoms with Gasteiger partial charge in [-0.3, -0.25) is 9.59 Å². The molecule has 2 amide bonds. The Labute approximate surface area is 116 Å². The molecule has 5 heteroatoms. The van der Waals surface area contributed by atoms with E-state index in [4.69, 9.17) is 0 Å². The number of rotatable bonds is 2. The van der Waals surface area contributed by atoms with Gasteiger partial charge in [-0.15, -0.1) is 0 Å². The van der Waals surface area contributed by atoms with Crippen LogP contribution in [0.3, 0.4) is 0 Å². The molecule has 2 aliphatic rings. The highest BCUT2D eigenvalue weighted by molar-refractivity contribution is 8.13. The third-order valence-corrected chi connectivity index (χ3v) is 4.55. The van der Waals surface area contributed by atoms with E-state index in [-0.39, 0.29) is 17.7 Å². The number of benzene rings is 1. The van der Waals surface area contributed by atoms with Crippen LogP contribution in [0.25, 0.3) is 0 Å². The van der Waals surface area contributed by atoms with Gasteiger partial charge in [-0.1, -0.05) is 36.0 Å². The molecule has 4 nitrogen and oxygen atoms in total. The predicted octanol–water partition coefficient (Wildman–Crippen LogP) is 1.74. The average Bonchev–Trinajstić information content (AvgIpc) is 2.84. The Morgan fingerprint density at radius 3 is 2.74 bits per heavy atom. The van der Waals surface area contributed by atoms with Gasteiger partial charge in [0.25, 0.3) is 5.24 Å². The number of thioether (sulfide) groups is 1. The molecular formula is C14H16N2O2S. The van der Waals surface area contributed by atoms with Crippen molar-refractivity contribution in [2.75, 3.05) is 25.4 Å². The molecule has 0 saturated carbocycles. The summed E-state index contributed by atoms with van der Waals surface area (Å²) in [5.41, 5.74) is 2.56. The lowest BCUT2D eigenvalue weighted by molar-refractivity contribution is -0.132. The summed E-state index contributed by atoms with van der Waals surface area (Å²) in [4.78, 5) is 27.2. The molecule has 100 valence electrons. The van der Waals surface area contributed by atoms with Crippen molar-refractivity contribution in [2.24, 2.45) is 0 Å². The van der Waals surface area contributed by atoms with Crippen LogP contribution < -0.4 is 0 Å². The quantitative estimate of drug-likeness (QED) is 0.826. The van der Waals surface area contributed by atoms with E-state index in [1.807, 2.05) is 17.0 Å². The first kappa shape index (κ1) is 12.5. The van der Waals surface area contributed by atoms with E-state index in [2.05, 4.69) is 12.1 Å². The highest BCUT2D eigenvalue weighted by atomic mass is 32.2. The molecule has 0 aliphatic carbocycles. The molecule has 2 aliphatic heterocycles. The van der Waals surface area contributed by atoms with E-state index < -0.39 is 0 Å². The largest absolute Gasteiger partial charge is 0.336 e. The molecule has 1 fully saturated rings. The number of amides is 2. The Morgan fingerprint density at radius 2 is 2.00 bits per heavy atom. The maximum Gasteiger partial charge on any atom is 0.282 e. The number of nitrogens with zero attached hydrogens (tertiary/aromatic N) is 2. The normalized spacial score (nSPS) is 18.6. The SMILES string of the molecule is O=C(CN1CCSC1=O)N1CCc2ccccc2C1. The first-order valence-electron chi connectivity index (χ1n) is 6.50. The van der Waals surface area contributed by atoms with Crippen LogP contribution in [0.4, 0.5) is 4.79 Å². The van der Waals surface area contributed by atoms with Gasteiger partial charge < -0.3 is 9.80 Å². The van der Waals surface area contributed by atoms with Crippen LogP contribution in [-0.4, -0.2) is 46.3 Å². The minimum absolute atomic E-state index is 0.0331. The predicted molar refractivity (Wildman–Crippen MR) is 75.0 cm³/mol. The number of carbonyl (C=O) groups excluding carboxylic acids is 2. The third kappa shape index (κ3) is 2.61. The van der Waals surface area contributed by atoms with E-state index in [1.54, 1.807) is 4.90 Å². The molecule has 0 N–H and O–H groups in total. The second-order valence-electron chi connectivity index (χ2n) is 4.87. The summed E-state index contributed by atoms with van der Waals surface area (Å²) in [5.74, 6) is 0.861. The molecule has 0 aromatic heterocycles. The number of hydrogen-bond acceptors (Lipinski definition) is 3. The van der Waals surface area contributed by atoms with Crippen LogP contribution in [0.15, 0.2) is 24.3 Å². The summed E-state index contributed by atoms with van der Waals surface area (Å²) >= 11 is 1.30. The zero-order valence-corrected chi connectivity index (χ0v) is 11.5. The van der Waals surface area contributed by atoms with Crippen molar-refractivity contribution in [1.82, 2.24) is 9.80 Å². The van der Waals surface area contributed by atoms with Gasteiger partial charge in [0.05, 0.1) is 0 Å². The van der Waals surface area contributed by atoms with Crippen LogP contribution in [0.5, 0.6) is 0 Å². The van der Waals surface area contributed by atoms with Crippen LogP contribution in [0.1, 0.15) is 11.1 Å². The van der Waals surface area contributed by atoms with Gasteiger partial charge in [-0.05, 0) is 17.5 Å². The van der Waals surface area contributed by atoms with E-state index in [0.717, 1.165) is 18.7 Å². The standard InChI is InChI=1S/C14H16N2O2S/c17-13(10-16-7-8-19-14(16)18)15-6-5-11-3-1-2-4-12(11)9-15/h1-4H,5-10H2. The highest BCUT2D eigenvalue weighted by Crippen LogP contribution is 2.20. The molecule has 0 bridgehead atoms. The summed E-state index contributed by atoms with van der Waals surface area (Å²) in [6.45, 7) is 2.35. The molecular weight excluding hydrogens is 260 g/mol. The van der Waals surface area contributed by atoms with Gasteiger partial charge >= 0.3 is 0 Å². The molecule has 0 radical (unpaired) electrons. The summed E-state index contributed by atoms with van der Waals surface area (Å²) in [6.07, 6.45) is 0.907. The minimum atomic E-state index is 0.0331. The molecule has 1 saturated heterocycles. The lowest BCUT2D eigenvalue weighted by Crippen LogP contribution is -2.42. The highest BCUT2D eigenvalue weighted by Gasteiger charge is 2.27. The first-order valence-corrected chi connectivity index (χ1v) is 7.49. The summed E-state index contributed by atoms with van der Waals surface area (Å²) in [6, 6.07) is 8.24. The lowest BCUT2D eigenvalue weighted by Gasteiger charge is -2.30. The second kappa shape index (κ2) is 5.25. The zero-order valence-electron chi connectivity index (χ0n) is 10.7. The van der Waals surface area contributed by atoms with Crippen LogP contribution in [-0.2, 0) is 17.8 Å². The molecule has 19 heavy (non-hydrogen) atoms. The van der Waals surface area contributed by atoms with Gasteiger partial charge in [-0.25, -0.2) is 0 Å². The van der Waals surface area contributed by atoms with Crippen molar-refractivity contribution in [1.29, 1.82) is 0 Å². The monoisotopic (exact) mass is 276 g/mol. The Hall–Kier alpha value is -1.49. The van der Waals surface area contributed by atoms with Gasteiger partial charge in [0.15, 0.2) is 0 Å². The van der Waals surface area contributed by atoms with E-state index in [9.17, 15) is 9.59 Å². The summed E-state index contributed by atoms with van der Waals surface area (Å²) in [7, 11) is 0. The maximum atomic E-state index is 12.2. The maximum absolute atomic E-state index is 12.2. The summed E-state index contributed by atoms with van der Waals surface area (Å²) < 4.78 is 0. The topological polar surface area (TPSA) is 40.6 Å². The van der Waals surface area contributed by atoms with Crippen molar-refractivity contribution in [2.45, 2.75) is 13.0 Å². The minimum Gasteiger partial charge on any atom is -0.336 e. The molecule has 0 spiro atoms. The van der Waals surface area contributed by atoms with Gasteiger partial charge in [0.2, 0.25) is 5.91 Å². The number of hydrogen-bond donors (Lipinski definition) is 0. The fourth-order valence-corrected chi connectivity index (χ4v) is 3.37. The fraction of sp³-hybridized carbons (Fsp3) is 0.429. The smallest absolute Gasteiger partial charge is 0.282 e. The Kier molecular flexibility index (Phi) is 3.46. The molecule has 1 aromatic carbocycles. The number of fused-ring (bicyclic) bond motifs is 1. The van der Waals surface area contributed by atoms with Gasteiger partial charge in [-0.2, -0.15) is 0 Å². The van der Waals surface area contributed by atoms with E-state index in [0.29, 0.717) is 13.1 Å². The average molecular weight is 276 g/mol. The van der Waals surface area contributed by atoms with Crippen molar-refractivity contribution in [3.63, 3.8) is 0 Å². The van der Waals surface area contributed by atoms with Crippen molar-refractivity contribution < 1.29 is 9.59 Å². The Balaban J connectivity index is 1.64. The lowest BCUT2D eigenvalue weighted by atomic mass is 10.00. The van der Waals surface area contributed by atoms with Gasteiger partial charge in [0.1, 0.15) is 6.54 Å². The van der Waals surface area contributed by atoms with Crippen molar-refractivity contribution >= 4 is 22.9 Å². The zero-order chi connectivity index (χ0) is 13.2. The molecule has 1 aromatic rings. The van der Waals surface area contributed by atoms with Crippen molar-refractivity contribution in [3.05, 3.63) is 35.4 Å². The second-order valence-corrected chi connectivity index (χ2v) is 5.92. The van der Waals surface area contributed by atoms with Crippen LogP contribution in [0.2, 0.25) is 0 Å². The van der Waals surface area contributed by atoms with E-state index >= 15 is 0 Å². The van der Waals surface area contributed by atoms with Crippen LogP contribution in [0, 0.1) is 0 Å². The summed E-state index contributed by atoms with van der Waals surface area (Å²) in [5, 5.41) is 0.0331.